The van der Waals surface area contributed by atoms with E-state index >= 15 is 0 Å². The number of amides is 1. The lowest BCUT2D eigenvalue weighted by molar-refractivity contribution is -0.129. The summed E-state index contributed by atoms with van der Waals surface area (Å²) in [4.78, 5) is 13.9. The second-order valence-electron chi connectivity index (χ2n) is 7.06. The summed E-state index contributed by atoms with van der Waals surface area (Å²) < 4.78 is 28.1. The molecule has 0 fully saturated rings. The molecule has 27 heavy (non-hydrogen) atoms. The van der Waals surface area contributed by atoms with Gasteiger partial charge in [0, 0.05) is 26.6 Å². The summed E-state index contributed by atoms with van der Waals surface area (Å²) in [6, 6.07) is 11.7. The minimum atomic E-state index is -3.63. The maximum atomic E-state index is 12.7. The molecule has 2 rings (SSSR count). The van der Waals surface area contributed by atoms with Crippen LogP contribution in [0.25, 0.3) is 0 Å². The van der Waals surface area contributed by atoms with Crippen LogP contribution >= 0.6 is 0 Å². The van der Waals surface area contributed by atoms with Crippen molar-refractivity contribution in [2.24, 2.45) is 0 Å². The fourth-order valence-electron chi connectivity index (χ4n) is 3.36. The van der Waals surface area contributed by atoms with E-state index in [1.807, 2.05) is 50.2 Å². The maximum absolute atomic E-state index is 12.7. The van der Waals surface area contributed by atoms with Crippen molar-refractivity contribution in [1.29, 1.82) is 0 Å². The third-order valence-electron chi connectivity index (χ3n) is 4.45. The van der Waals surface area contributed by atoms with Crippen molar-refractivity contribution in [3.8, 4) is 0 Å². The Balaban J connectivity index is 2.07. The van der Waals surface area contributed by atoms with Crippen molar-refractivity contribution in [2.45, 2.75) is 46.1 Å². The van der Waals surface area contributed by atoms with Crippen LogP contribution in [0.5, 0.6) is 0 Å². The highest BCUT2D eigenvalue weighted by Crippen LogP contribution is 2.21. The predicted molar refractivity (Wildman–Crippen MR) is 108 cm³/mol. The number of hydrogen-bond donors (Lipinski definition) is 1. The van der Waals surface area contributed by atoms with Crippen LogP contribution in [-0.4, -0.2) is 32.3 Å². The van der Waals surface area contributed by atoms with Crippen molar-refractivity contribution in [3.63, 3.8) is 0 Å². The van der Waals surface area contributed by atoms with Crippen LogP contribution in [0.4, 0.5) is 0 Å². The Morgan fingerprint density at radius 3 is 2.19 bits per heavy atom. The molecular weight excluding hydrogens is 360 g/mol. The highest BCUT2D eigenvalue weighted by molar-refractivity contribution is 7.89. The van der Waals surface area contributed by atoms with Gasteiger partial charge in [-0.05, 0) is 44.4 Å². The molecule has 0 radical (unpaired) electrons. The average Bonchev–Trinajstić information content (AvgIpc) is 2.52. The van der Waals surface area contributed by atoms with Crippen molar-refractivity contribution in [3.05, 3.63) is 64.2 Å². The van der Waals surface area contributed by atoms with E-state index in [0.29, 0.717) is 18.0 Å². The molecule has 0 aliphatic carbocycles. The second-order valence-corrected chi connectivity index (χ2v) is 8.76. The van der Waals surface area contributed by atoms with Crippen molar-refractivity contribution in [1.82, 2.24) is 9.62 Å². The topological polar surface area (TPSA) is 66.5 Å². The minimum Gasteiger partial charge on any atom is -0.337 e. The normalized spacial score (nSPS) is 11.4. The Labute approximate surface area is 162 Å². The van der Waals surface area contributed by atoms with E-state index in [9.17, 15) is 13.2 Å². The van der Waals surface area contributed by atoms with Gasteiger partial charge >= 0.3 is 0 Å². The fraction of sp³-hybridized carbons (Fsp3) is 0.381. The number of hydrogen-bond acceptors (Lipinski definition) is 3. The Morgan fingerprint density at radius 1 is 1.00 bits per heavy atom. The van der Waals surface area contributed by atoms with Gasteiger partial charge in [-0.3, -0.25) is 4.79 Å². The van der Waals surface area contributed by atoms with E-state index in [2.05, 4.69) is 4.72 Å². The number of carbonyl (C=O) groups is 1. The molecule has 0 atom stereocenters. The number of sulfonamides is 1. The first-order chi connectivity index (χ1) is 12.6. The Hall–Kier alpha value is -2.18. The number of rotatable bonds is 7. The van der Waals surface area contributed by atoms with Crippen molar-refractivity contribution >= 4 is 15.9 Å². The Kier molecular flexibility index (Phi) is 6.78. The lowest BCUT2D eigenvalue weighted by Crippen LogP contribution is -2.37. The zero-order valence-corrected chi connectivity index (χ0v) is 17.5. The third kappa shape index (κ3) is 5.65. The average molecular weight is 389 g/mol. The summed E-state index contributed by atoms with van der Waals surface area (Å²) in [7, 11) is -3.63. The summed E-state index contributed by atoms with van der Waals surface area (Å²) in [5.74, 6) is -0.0848. The first kappa shape index (κ1) is 21.1. The standard InChI is InChI=1S/C21H28N2O3S/c1-15-7-6-8-20(13-15)14-23(19(5)24)10-9-22-27(25,26)21-17(3)11-16(2)12-18(21)4/h6-8,11-13,22H,9-10,14H2,1-5H3. The fourth-order valence-corrected chi connectivity index (χ4v) is 4.83. The van der Waals surface area contributed by atoms with Gasteiger partial charge < -0.3 is 4.90 Å². The first-order valence-corrected chi connectivity index (χ1v) is 10.5. The van der Waals surface area contributed by atoms with E-state index in [-0.39, 0.29) is 12.5 Å². The van der Waals surface area contributed by atoms with E-state index in [4.69, 9.17) is 0 Å². The molecule has 1 amide bonds. The van der Waals surface area contributed by atoms with Gasteiger partial charge in [0.25, 0.3) is 0 Å². The van der Waals surface area contributed by atoms with Crippen LogP contribution < -0.4 is 4.72 Å². The smallest absolute Gasteiger partial charge is 0.241 e. The lowest BCUT2D eigenvalue weighted by Gasteiger charge is -2.22. The molecule has 0 aromatic heterocycles. The van der Waals surface area contributed by atoms with E-state index in [1.54, 1.807) is 18.7 Å². The first-order valence-electron chi connectivity index (χ1n) is 8.98. The monoisotopic (exact) mass is 388 g/mol. The van der Waals surface area contributed by atoms with Gasteiger partial charge in [0.1, 0.15) is 0 Å². The molecular formula is C21H28N2O3S. The molecule has 2 aromatic carbocycles. The zero-order chi connectivity index (χ0) is 20.2. The van der Waals surface area contributed by atoms with Gasteiger partial charge in [0.2, 0.25) is 15.9 Å². The Bertz CT molecular complexity index is 913. The molecule has 146 valence electrons. The molecule has 1 N–H and O–H groups in total. The van der Waals surface area contributed by atoms with Crippen LogP contribution in [0.1, 0.15) is 34.7 Å². The number of nitrogens with zero attached hydrogens (tertiary/aromatic N) is 1. The molecule has 0 spiro atoms. The lowest BCUT2D eigenvalue weighted by atomic mass is 10.1. The number of carbonyl (C=O) groups excluding carboxylic acids is 1. The largest absolute Gasteiger partial charge is 0.337 e. The van der Waals surface area contributed by atoms with E-state index < -0.39 is 10.0 Å². The van der Waals surface area contributed by atoms with Crippen molar-refractivity contribution < 1.29 is 13.2 Å². The van der Waals surface area contributed by atoms with Gasteiger partial charge in [-0.15, -0.1) is 0 Å². The van der Waals surface area contributed by atoms with Crippen LogP contribution in [0, 0.1) is 27.7 Å². The van der Waals surface area contributed by atoms with Crippen LogP contribution in [0.15, 0.2) is 41.3 Å². The summed E-state index contributed by atoms with van der Waals surface area (Å²) in [5, 5.41) is 0. The van der Waals surface area contributed by atoms with Gasteiger partial charge in [-0.2, -0.15) is 0 Å². The molecule has 0 heterocycles. The number of aryl methyl sites for hydroxylation is 4. The minimum absolute atomic E-state index is 0.0848. The SMILES string of the molecule is CC(=O)N(CCNS(=O)(=O)c1c(C)cc(C)cc1C)Cc1cccc(C)c1. The summed E-state index contributed by atoms with van der Waals surface area (Å²) in [5.41, 5.74) is 4.64. The molecule has 0 aliphatic rings. The predicted octanol–water partition coefficient (Wildman–Crippen LogP) is 3.25. The van der Waals surface area contributed by atoms with Crippen LogP contribution in [0.2, 0.25) is 0 Å². The van der Waals surface area contributed by atoms with E-state index in [1.165, 1.54) is 6.92 Å². The Morgan fingerprint density at radius 2 is 1.63 bits per heavy atom. The highest BCUT2D eigenvalue weighted by Gasteiger charge is 2.20. The molecule has 2 aromatic rings. The molecule has 0 bridgehead atoms. The third-order valence-corrected chi connectivity index (χ3v) is 6.21. The molecule has 0 aliphatic heterocycles. The molecule has 0 unspecified atom stereocenters. The highest BCUT2D eigenvalue weighted by atomic mass is 32.2. The van der Waals surface area contributed by atoms with Gasteiger partial charge in [-0.1, -0.05) is 47.5 Å². The van der Waals surface area contributed by atoms with Gasteiger partial charge in [0.05, 0.1) is 4.90 Å². The molecule has 6 heteroatoms. The van der Waals surface area contributed by atoms with Crippen LogP contribution in [-0.2, 0) is 21.4 Å². The van der Waals surface area contributed by atoms with Crippen molar-refractivity contribution in [2.75, 3.05) is 13.1 Å². The van der Waals surface area contributed by atoms with Gasteiger partial charge in [0.15, 0.2) is 0 Å². The zero-order valence-electron chi connectivity index (χ0n) is 16.7. The van der Waals surface area contributed by atoms with Gasteiger partial charge in [-0.25, -0.2) is 13.1 Å². The van der Waals surface area contributed by atoms with E-state index in [0.717, 1.165) is 27.8 Å². The summed E-state index contributed by atoms with van der Waals surface area (Å²) in [6.07, 6.45) is 0. The quantitative estimate of drug-likeness (QED) is 0.792. The number of nitrogens with one attached hydrogen (secondary N) is 1. The maximum Gasteiger partial charge on any atom is 0.241 e. The summed E-state index contributed by atoms with van der Waals surface area (Å²) in [6.45, 7) is 9.98. The molecule has 0 saturated heterocycles. The van der Waals surface area contributed by atoms with Crippen LogP contribution in [0.3, 0.4) is 0 Å². The second kappa shape index (κ2) is 8.67. The summed E-state index contributed by atoms with van der Waals surface area (Å²) >= 11 is 0. The molecule has 0 saturated carbocycles. The number of benzene rings is 2. The molecule has 5 nitrogen and oxygen atoms in total.